The number of hydrogen-bond donors (Lipinski definition) is 2. The van der Waals surface area contributed by atoms with Crippen LogP contribution < -0.4 is 4.72 Å². The summed E-state index contributed by atoms with van der Waals surface area (Å²) in [6.07, 6.45) is 2.20. The third kappa shape index (κ3) is 5.98. The Kier molecular flexibility index (Phi) is 5.46. The van der Waals surface area contributed by atoms with Gasteiger partial charge in [-0.1, -0.05) is 6.07 Å². The molecule has 8 heteroatoms. The van der Waals surface area contributed by atoms with E-state index < -0.39 is 16.0 Å². The first-order valence-electron chi connectivity index (χ1n) is 5.30. The van der Waals surface area contributed by atoms with E-state index in [0.717, 1.165) is 6.08 Å². The van der Waals surface area contributed by atoms with Crippen molar-refractivity contribution in [2.45, 2.75) is 0 Å². The van der Waals surface area contributed by atoms with Crippen LogP contribution in [0.25, 0.3) is 6.08 Å². The lowest BCUT2D eigenvalue weighted by atomic mass is 10.3. The van der Waals surface area contributed by atoms with Gasteiger partial charge in [0, 0.05) is 13.2 Å². The Morgan fingerprint density at radius 3 is 2.89 bits per heavy atom. The van der Waals surface area contributed by atoms with E-state index in [4.69, 9.17) is 5.11 Å². The van der Waals surface area contributed by atoms with Crippen LogP contribution in [0, 0.1) is 0 Å². The van der Waals surface area contributed by atoms with Gasteiger partial charge in [-0.25, -0.2) is 18.2 Å². The number of methoxy groups -OCH3 is 1. The van der Waals surface area contributed by atoms with Crippen molar-refractivity contribution in [3.63, 3.8) is 0 Å². The fraction of sp³-hybridized carbons (Fsp3) is 0.273. The number of pyridine rings is 1. The summed E-state index contributed by atoms with van der Waals surface area (Å²) in [6.45, 7) is 0.0773. The number of aliphatic carboxylic acids is 1. The zero-order valence-corrected chi connectivity index (χ0v) is 11.1. The Bertz CT molecular complexity index is 568. The second-order valence-electron chi connectivity index (χ2n) is 3.53. The Balaban J connectivity index is 2.80. The number of carbonyl (C=O) groups is 1. The maximum atomic E-state index is 11.6. The molecule has 1 aromatic rings. The molecule has 0 saturated heterocycles. The predicted octanol–water partition coefficient (Wildman–Crippen LogP) is 0.567. The zero-order chi connectivity index (χ0) is 14.3. The van der Waals surface area contributed by atoms with Crippen LogP contribution in [0.4, 0.5) is 5.82 Å². The highest BCUT2D eigenvalue weighted by atomic mass is 32.2. The molecule has 0 saturated carbocycles. The molecule has 0 atom stereocenters. The molecule has 0 aromatic carbocycles. The summed E-state index contributed by atoms with van der Waals surface area (Å²) < 4.78 is 30.2. The van der Waals surface area contributed by atoms with E-state index >= 15 is 0 Å². The lowest BCUT2D eigenvalue weighted by molar-refractivity contribution is -0.131. The van der Waals surface area contributed by atoms with Gasteiger partial charge in [-0.2, -0.15) is 0 Å². The molecule has 1 rings (SSSR count). The number of carboxylic acids is 1. The summed E-state index contributed by atoms with van der Waals surface area (Å²) in [5, 5.41) is 8.49. The highest BCUT2D eigenvalue weighted by molar-refractivity contribution is 7.92. The molecule has 0 spiro atoms. The molecule has 0 amide bonds. The van der Waals surface area contributed by atoms with Crippen LogP contribution in [0.15, 0.2) is 24.3 Å². The summed E-state index contributed by atoms with van der Waals surface area (Å²) in [6, 6.07) is 4.61. The third-order valence-corrected chi connectivity index (χ3v) is 3.21. The van der Waals surface area contributed by atoms with E-state index in [2.05, 4.69) is 14.4 Å². The van der Waals surface area contributed by atoms with E-state index in [9.17, 15) is 13.2 Å². The average Bonchev–Trinajstić information content (AvgIpc) is 2.34. The van der Waals surface area contributed by atoms with Crippen molar-refractivity contribution in [1.29, 1.82) is 0 Å². The van der Waals surface area contributed by atoms with E-state index in [1.165, 1.54) is 19.3 Å². The van der Waals surface area contributed by atoms with Gasteiger partial charge in [-0.15, -0.1) is 0 Å². The van der Waals surface area contributed by atoms with Gasteiger partial charge in [0.2, 0.25) is 10.0 Å². The lowest BCUT2D eigenvalue weighted by Crippen LogP contribution is -2.20. The molecule has 0 aliphatic rings. The highest BCUT2D eigenvalue weighted by Crippen LogP contribution is 2.08. The molecule has 0 aliphatic carbocycles. The van der Waals surface area contributed by atoms with Crippen molar-refractivity contribution in [3.8, 4) is 0 Å². The van der Waals surface area contributed by atoms with E-state index in [0.29, 0.717) is 5.69 Å². The molecular formula is C11H14N2O5S. The quantitative estimate of drug-likeness (QED) is 0.710. The largest absolute Gasteiger partial charge is 0.478 e. The average molecular weight is 286 g/mol. The number of hydrogen-bond acceptors (Lipinski definition) is 5. The smallest absolute Gasteiger partial charge is 0.328 e. The van der Waals surface area contributed by atoms with Gasteiger partial charge in [0.1, 0.15) is 5.82 Å². The number of nitrogens with zero attached hydrogens (tertiary/aromatic N) is 1. The fourth-order valence-corrected chi connectivity index (χ4v) is 2.08. The van der Waals surface area contributed by atoms with Crippen molar-refractivity contribution >= 4 is 27.9 Å². The number of nitrogens with one attached hydrogen (secondary N) is 1. The zero-order valence-electron chi connectivity index (χ0n) is 10.2. The Labute approximate surface area is 111 Å². The van der Waals surface area contributed by atoms with E-state index in [1.807, 2.05) is 0 Å². The van der Waals surface area contributed by atoms with E-state index in [1.54, 1.807) is 12.1 Å². The maximum absolute atomic E-state index is 11.6. The molecular weight excluding hydrogens is 272 g/mol. The number of rotatable bonds is 7. The molecule has 0 unspecified atom stereocenters. The highest BCUT2D eigenvalue weighted by Gasteiger charge is 2.10. The fourth-order valence-electron chi connectivity index (χ4n) is 1.16. The Morgan fingerprint density at radius 1 is 1.53 bits per heavy atom. The van der Waals surface area contributed by atoms with Gasteiger partial charge in [0.15, 0.2) is 0 Å². The number of sulfonamides is 1. The first kappa shape index (κ1) is 15.1. The topological polar surface area (TPSA) is 106 Å². The van der Waals surface area contributed by atoms with Crippen LogP contribution in [0.3, 0.4) is 0 Å². The summed E-state index contributed by atoms with van der Waals surface area (Å²) in [7, 11) is -2.11. The van der Waals surface area contributed by atoms with Crippen LogP contribution in [0.5, 0.6) is 0 Å². The SMILES string of the molecule is COCCS(=O)(=O)Nc1cccc(/C=C/C(=O)O)n1. The molecule has 0 aliphatic heterocycles. The molecule has 0 bridgehead atoms. The Morgan fingerprint density at radius 2 is 2.26 bits per heavy atom. The minimum absolute atomic E-state index is 0.0773. The van der Waals surface area contributed by atoms with Crippen molar-refractivity contribution < 1.29 is 23.1 Å². The number of anilines is 1. The van der Waals surface area contributed by atoms with Gasteiger partial charge in [-0.05, 0) is 18.2 Å². The monoisotopic (exact) mass is 286 g/mol. The molecule has 1 aromatic heterocycles. The molecule has 0 fully saturated rings. The van der Waals surface area contributed by atoms with Crippen molar-refractivity contribution in [2.24, 2.45) is 0 Å². The minimum atomic E-state index is -3.52. The lowest BCUT2D eigenvalue weighted by Gasteiger charge is -2.07. The van der Waals surface area contributed by atoms with Gasteiger partial charge >= 0.3 is 5.97 Å². The third-order valence-electron chi connectivity index (χ3n) is 1.98. The van der Waals surface area contributed by atoms with E-state index in [-0.39, 0.29) is 18.2 Å². The van der Waals surface area contributed by atoms with Crippen LogP contribution in [0.1, 0.15) is 5.69 Å². The number of carboxylic acid groups (broad SMARTS) is 1. The number of ether oxygens (including phenoxy) is 1. The van der Waals surface area contributed by atoms with Gasteiger partial charge in [0.05, 0.1) is 18.1 Å². The first-order valence-corrected chi connectivity index (χ1v) is 6.95. The van der Waals surface area contributed by atoms with Gasteiger partial charge in [-0.3, -0.25) is 4.72 Å². The summed E-state index contributed by atoms with van der Waals surface area (Å²) in [5.41, 5.74) is 0.342. The van der Waals surface area contributed by atoms with Gasteiger partial charge in [0.25, 0.3) is 0 Å². The van der Waals surface area contributed by atoms with Crippen molar-refractivity contribution in [2.75, 3.05) is 24.2 Å². The first-order chi connectivity index (χ1) is 8.93. The molecule has 0 radical (unpaired) electrons. The van der Waals surface area contributed by atoms with Gasteiger partial charge < -0.3 is 9.84 Å². The van der Waals surface area contributed by atoms with Crippen LogP contribution in [-0.2, 0) is 19.6 Å². The standard InChI is InChI=1S/C11H14N2O5S/c1-18-7-8-19(16,17)13-10-4-2-3-9(12-10)5-6-11(14)15/h2-6H,7-8H2,1H3,(H,12,13)(H,14,15)/b6-5+. The van der Waals surface area contributed by atoms with Crippen LogP contribution in [0.2, 0.25) is 0 Å². The summed E-state index contributed by atoms with van der Waals surface area (Å²) >= 11 is 0. The van der Waals surface area contributed by atoms with Crippen LogP contribution in [-0.4, -0.2) is 43.9 Å². The molecule has 2 N–H and O–H groups in total. The molecule has 19 heavy (non-hydrogen) atoms. The second kappa shape index (κ2) is 6.86. The second-order valence-corrected chi connectivity index (χ2v) is 5.37. The minimum Gasteiger partial charge on any atom is -0.478 e. The maximum Gasteiger partial charge on any atom is 0.328 e. The Hall–Kier alpha value is -1.93. The normalized spacial score (nSPS) is 11.6. The van der Waals surface area contributed by atoms with Crippen molar-refractivity contribution in [1.82, 2.24) is 4.98 Å². The number of aromatic nitrogens is 1. The summed E-state index contributed by atoms with van der Waals surface area (Å²) in [5.74, 6) is -1.16. The predicted molar refractivity (Wildman–Crippen MR) is 70.2 cm³/mol. The molecule has 104 valence electrons. The van der Waals surface area contributed by atoms with Crippen LogP contribution >= 0.6 is 0 Å². The molecule has 1 heterocycles. The summed E-state index contributed by atoms with van der Waals surface area (Å²) in [4.78, 5) is 14.3. The van der Waals surface area contributed by atoms with Crippen molar-refractivity contribution in [3.05, 3.63) is 30.0 Å². The molecule has 7 nitrogen and oxygen atoms in total.